The summed E-state index contributed by atoms with van der Waals surface area (Å²) in [6, 6.07) is 6.55. The number of thiazole rings is 1. The first-order valence-electron chi connectivity index (χ1n) is 9.04. The lowest BCUT2D eigenvalue weighted by Gasteiger charge is -2.07. The van der Waals surface area contributed by atoms with Crippen LogP contribution in [0, 0.1) is 4.77 Å². The van der Waals surface area contributed by atoms with E-state index in [4.69, 9.17) is 17.0 Å². The van der Waals surface area contributed by atoms with E-state index in [1.54, 1.807) is 37.3 Å². The van der Waals surface area contributed by atoms with Crippen molar-refractivity contribution in [3.05, 3.63) is 64.2 Å². The molecular weight excluding hydrogens is 424 g/mol. The lowest BCUT2D eigenvalue weighted by atomic mass is 10.2. The number of allylic oxidation sites excluding steroid dienone is 1. The second-order valence-corrected chi connectivity index (χ2v) is 7.29. The molecule has 0 bridgehead atoms. The van der Waals surface area contributed by atoms with Crippen LogP contribution in [0.15, 0.2) is 42.3 Å². The van der Waals surface area contributed by atoms with E-state index in [1.165, 1.54) is 11.3 Å². The molecule has 3 N–H and O–H groups in total. The molecule has 0 aliphatic heterocycles. The molecule has 0 aliphatic carbocycles. The number of aromatic amines is 1. The number of rotatable bonds is 8. The largest absolute Gasteiger partial charge is 0.450 e. The standard InChI is InChI=1S/C19H20N6O3S2/c1-3-8-25-15(23-24-18(25)29)10-14-11-30-17(20-14)22-16(26)12-6-5-7-13(9-12)21-19(27)28-4-2/h3,5-7,9,11H,1,4,8,10H2,2H3,(H,21,27)(H,24,29)(H,20,22,26). The van der Waals surface area contributed by atoms with Crippen LogP contribution in [-0.2, 0) is 17.7 Å². The van der Waals surface area contributed by atoms with Gasteiger partial charge in [0.15, 0.2) is 9.90 Å². The van der Waals surface area contributed by atoms with Crippen LogP contribution in [-0.4, -0.2) is 38.4 Å². The quantitative estimate of drug-likeness (QED) is 0.357. The Hall–Kier alpha value is -3.31. The van der Waals surface area contributed by atoms with Crippen LogP contribution >= 0.6 is 23.6 Å². The van der Waals surface area contributed by atoms with E-state index in [9.17, 15) is 9.59 Å². The van der Waals surface area contributed by atoms with Crippen LogP contribution < -0.4 is 10.6 Å². The molecule has 0 atom stereocenters. The number of H-pyrrole nitrogens is 1. The first-order valence-corrected chi connectivity index (χ1v) is 10.3. The number of carbonyl (C=O) groups is 2. The van der Waals surface area contributed by atoms with Gasteiger partial charge in [-0.3, -0.25) is 25.1 Å². The Kier molecular flexibility index (Phi) is 7.09. The molecular formula is C19H20N6O3S2. The summed E-state index contributed by atoms with van der Waals surface area (Å²) in [7, 11) is 0. The minimum atomic E-state index is -0.575. The van der Waals surface area contributed by atoms with Crippen molar-refractivity contribution in [3.8, 4) is 0 Å². The van der Waals surface area contributed by atoms with E-state index in [0.29, 0.717) is 34.1 Å². The summed E-state index contributed by atoms with van der Waals surface area (Å²) in [6.45, 7) is 6.25. The van der Waals surface area contributed by atoms with Gasteiger partial charge in [-0.2, -0.15) is 5.10 Å². The SMILES string of the molecule is C=CCn1c(Cc2csc(NC(=O)c3cccc(NC(=O)OCC)c3)n2)n[nH]c1=S. The highest BCUT2D eigenvalue weighted by atomic mass is 32.1. The molecule has 3 aromatic rings. The topological polar surface area (TPSA) is 114 Å². The van der Waals surface area contributed by atoms with Crippen molar-refractivity contribution in [3.63, 3.8) is 0 Å². The Morgan fingerprint density at radius 3 is 3.00 bits per heavy atom. The Bertz CT molecular complexity index is 1120. The molecule has 9 nitrogen and oxygen atoms in total. The molecule has 2 amide bonds. The highest BCUT2D eigenvalue weighted by molar-refractivity contribution is 7.71. The van der Waals surface area contributed by atoms with Gasteiger partial charge in [-0.05, 0) is 37.3 Å². The molecule has 11 heteroatoms. The fourth-order valence-corrected chi connectivity index (χ4v) is 3.53. The Labute approximate surface area is 181 Å². The van der Waals surface area contributed by atoms with Crippen molar-refractivity contribution in [2.24, 2.45) is 0 Å². The van der Waals surface area contributed by atoms with Gasteiger partial charge in [0, 0.05) is 23.2 Å². The van der Waals surface area contributed by atoms with Crippen molar-refractivity contribution in [1.29, 1.82) is 0 Å². The summed E-state index contributed by atoms with van der Waals surface area (Å²) >= 11 is 6.52. The molecule has 0 saturated heterocycles. The zero-order valence-electron chi connectivity index (χ0n) is 16.2. The van der Waals surface area contributed by atoms with E-state index < -0.39 is 6.09 Å². The van der Waals surface area contributed by atoms with Gasteiger partial charge >= 0.3 is 6.09 Å². The molecule has 1 aromatic carbocycles. The Morgan fingerprint density at radius 1 is 1.40 bits per heavy atom. The Balaban J connectivity index is 1.66. The minimum absolute atomic E-state index is 0.262. The number of carbonyl (C=O) groups excluding carboxylic acids is 2. The maximum absolute atomic E-state index is 12.6. The van der Waals surface area contributed by atoms with E-state index in [0.717, 1.165) is 11.5 Å². The van der Waals surface area contributed by atoms with E-state index in [1.807, 2.05) is 9.95 Å². The number of hydrogen-bond acceptors (Lipinski definition) is 7. The monoisotopic (exact) mass is 444 g/mol. The first-order chi connectivity index (χ1) is 14.5. The summed E-state index contributed by atoms with van der Waals surface area (Å²) in [5.41, 5.74) is 1.60. The summed E-state index contributed by atoms with van der Waals surface area (Å²) in [6.07, 6.45) is 1.63. The third-order valence-corrected chi connectivity index (χ3v) is 5.03. The highest BCUT2D eigenvalue weighted by Crippen LogP contribution is 2.19. The molecule has 0 unspecified atom stereocenters. The number of ether oxygens (including phenoxy) is 1. The predicted molar refractivity (Wildman–Crippen MR) is 118 cm³/mol. The molecule has 0 radical (unpaired) electrons. The maximum atomic E-state index is 12.6. The summed E-state index contributed by atoms with van der Waals surface area (Å²) in [5, 5.41) is 14.6. The average Bonchev–Trinajstić information content (AvgIpc) is 3.30. The minimum Gasteiger partial charge on any atom is -0.450 e. The molecule has 2 heterocycles. The van der Waals surface area contributed by atoms with Crippen molar-refractivity contribution < 1.29 is 14.3 Å². The normalized spacial score (nSPS) is 10.4. The Morgan fingerprint density at radius 2 is 2.23 bits per heavy atom. The fourth-order valence-electron chi connectivity index (χ4n) is 2.60. The molecule has 0 aliphatic rings. The summed E-state index contributed by atoms with van der Waals surface area (Å²) in [4.78, 5) is 28.5. The van der Waals surface area contributed by atoms with E-state index in [2.05, 4.69) is 32.4 Å². The molecule has 2 aromatic heterocycles. The van der Waals surface area contributed by atoms with Gasteiger partial charge in [-0.25, -0.2) is 9.78 Å². The van der Waals surface area contributed by atoms with Crippen LogP contribution in [0.2, 0.25) is 0 Å². The molecule has 3 rings (SSSR count). The van der Waals surface area contributed by atoms with Gasteiger partial charge < -0.3 is 4.74 Å². The number of amides is 2. The summed E-state index contributed by atoms with van der Waals surface area (Å²) < 4.78 is 7.19. The van der Waals surface area contributed by atoms with Crippen LogP contribution in [0.4, 0.5) is 15.6 Å². The fraction of sp³-hybridized carbons (Fsp3) is 0.211. The van der Waals surface area contributed by atoms with Gasteiger partial charge in [0.25, 0.3) is 5.91 Å². The lowest BCUT2D eigenvalue weighted by Crippen LogP contribution is -2.15. The smallest absolute Gasteiger partial charge is 0.411 e. The molecule has 30 heavy (non-hydrogen) atoms. The van der Waals surface area contributed by atoms with Crippen molar-refractivity contribution in [1.82, 2.24) is 19.7 Å². The number of benzene rings is 1. The number of nitrogens with zero attached hydrogens (tertiary/aromatic N) is 3. The van der Waals surface area contributed by atoms with Gasteiger partial charge in [0.05, 0.1) is 18.7 Å². The molecule has 0 spiro atoms. The number of nitrogens with one attached hydrogen (secondary N) is 3. The van der Waals surface area contributed by atoms with Crippen molar-refractivity contribution in [2.45, 2.75) is 19.9 Å². The van der Waals surface area contributed by atoms with Crippen LogP contribution in [0.1, 0.15) is 28.8 Å². The van der Waals surface area contributed by atoms with Gasteiger partial charge in [-0.15, -0.1) is 17.9 Å². The zero-order chi connectivity index (χ0) is 21.5. The third kappa shape index (κ3) is 5.39. The van der Waals surface area contributed by atoms with Gasteiger partial charge in [0.2, 0.25) is 0 Å². The van der Waals surface area contributed by atoms with E-state index in [-0.39, 0.29) is 12.5 Å². The van der Waals surface area contributed by atoms with Crippen molar-refractivity contribution in [2.75, 3.05) is 17.2 Å². The highest BCUT2D eigenvalue weighted by Gasteiger charge is 2.13. The molecule has 0 saturated carbocycles. The van der Waals surface area contributed by atoms with E-state index >= 15 is 0 Å². The summed E-state index contributed by atoms with van der Waals surface area (Å²) in [5.74, 6) is 0.401. The van der Waals surface area contributed by atoms with Crippen LogP contribution in [0.3, 0.4) is 0 Å². The molecule has 156 valence electrons. The zero-order valence-corrected chi connectivity index (χ0v) is 17.8. The van der Waals surface area contributed by atoms with Gasteiger partial charge in [0.1, 0.15) is 5.82 Å². The maximum Gasteiger partial charge on any atom is 0.411 e. The number of aromatic nitrogens is 4. The van der Waals surface area contributed by atoms with Gasteiger partial charge in [-0.1, -0.05) is 12.1 Å². The average molecular weight is 445 g/mol. The van der Waals surface area contributed by atoms with Crippen molar-refractivity contribution >= 4 is 46.4 Å². The van der Waals surface area contributed by atoms with Crippen LogP contribution in [0.5, 0.6) is 0 Å². The molecule has 0 fully saturated rings. The lowest BCUT2D eigenvalue weighted by molar-refractivity contribution is 0.102. The first kappa shape index (κ1) is 21.4. The third-order valence-electron chi connectivity index (χ3n) is 3.91. The number of anilines is 2. The second-order valence-electron chi connectivity index (χ2n) is 6.05. The number of hydrogen-bond donors (Lipinski definition) is 3. The predicted octanol–water partition coefficient (Wildman–Crippen LogP) is 3.99. The second kappa shape index (κ2) is 9.94. The van der Waals surface area contributed by atoms with Crippen LogP contribution in [0.25, 0.3) is 0 Å².